The number of fused-ring (bicyclic) bond motifs is 1. The monoisotopic (exact) mass is 799 g/mol. The molecule has 0 saturated heterocycles. The quantitative estimate of drug-likeness (QED) is 0.176. The third kappa shape index (κ3) is 6.13. The highest BCUT2D eigenvalue weighted by molar-refractivity contribution is 9.12. The predicted octanol–water partition coefficient (Wildman–Crippen LogP) is 5.28. The molecular formula is C31H20Br3N3O8. The van der Waals surface area contributed by atoms with Crippen LogP contribution in [-0.2, 0) is 16.1 Å². The van der Waals surface area contributed by atoms with Gasteiger partial charge in [-0.15, -0.1) is 0 Å². The number of nitrogens with zero attached hydrogens (tertiary/aromatic N) is 1. The molecule has 0 aromatic heterocycles. The summed E-state index contributed by atoms with van der Waals surface area (Å²) >= 11 is 9.35. The summed E-state index contributed by atoms with van der Waals surface area (Å²) in [5.74, 6) is -6.20. The Labute approximate surface area is 280 Å². The molecule has 3 aromatic rings. The number of allylic oxidation sites excluding steroid dienone is 1. The van der Waals surface area contributed by atoms with E-state index in [1.54, 1.807) is 48.5 Å². The Bertz CT molecular complexity index is 1820. The summed E-state index contributed by atoms with van der Waals surface area (Å²) in [4.78, 5) is 75.9. The number of aliphatic carboxylic acids is 2. The van der Waals surface area contributed by atoms with Crippen molar-refractivity contribution in [2.75, 3.05) is 5.32 Å². The number of carbonyl (C=O) groups excluding carboxylic acids is 4. The summed E-state index contributed by atoms with van der Waals surface area (Å²) in [6.07, 6.45) is 1.14. The molecule has 5 rings (SSSR count). The number of carboxylic acid groups (broad SMARTS) is 2. The van der Waals surface area contributed by atoms with E-state index in [-0.39, 0.29) is 38.6 Å². The van der Waals surface area contributed by atoms with Gasteiger partial charge in [-0.05, 0) is 76.1 Å². The van der Waals surface area contributed by atoms with Crippen molar-refractivity contribution in [2.45, 2.75) is 10.9 Å². The minimum atomic E-state index is -1.95. The number of nitrogens with one attached hydrogen (secondary N) is 2. The highest BCUT2D eigenvalue weighted by Gasteiger charge is 2.51. The maximum Gasteiger partial charge on any atom is 0.325 e. The molecule has 228 valence electrons. The van der Waals surface area contributed by atoms with Gasteiger partial charge in [0.15, 0.2) is 4.32 Å². The molecule has 2 unspecified atom stereocenters. The number of imide groups is 1. The number of benzene rings is 3. The van der Waals surface area contributed by atoms with Crippen molar-refractivity contribution in [2.24, 2.45) is 5.92 Å². The molecule has 0 saturated carbocycles. The van der Waals surface area contributed by atoms with Crippen molar-refractivity contribution in [3.8, 4) is 0 Å². The fourth-order valence-corrected chi connectivity index (χ4v) is 7.87. The van der Waals surface area contributed by atoms with Crippen LogP contribution < -0.4 is 10.6 Å². The summed E-state index contributed by atoms with van der Waals surface area (Å²) < 4.78 is -1.86. The van der Waals surface area contributed by atoms with Crippen molar-refractivity contribution >= 4 is 89.0 Å². The fourth-order valence-electron chi connectivity index (χ4n) is 4.80. The number of carboxylic acids is 2. The van der Waals surface area contributed by atoms with Gasteiger partial charge in [-0.3, -0.25) is 33.7 Å². The Morgan fingerprint density at radius 2 is 1.29 bits per heavy atom. The number of anilines is 1. The van der Waals surface area contributed by atoms with Gasteiger partial charge in [0.05, 0.1) is 23.4 Å². The Kier molecular flexibility index (Phi) is 8.92. The van der Waals surface area contributed by atoms with E-state index in [9.17, 15) is 39.0 Å². The fraction of sp³-hybridized carbons (Fsp3) is 0.0968. The molecule has 45 heavy (non-hydrogen) atoms. The Morgan fingerprint density at radius 3 is 1.80 bits per heavy atom. The van der Waals surface area contributed by atoms with Crippen molar-refractivity contribution in [3.63, 3.8) is 0 Å². The maximum absolute atomic E-state index is 13.0. The molecule has 4 N–H and O–H groups in total. The Hall–Kier alpha value is -4.40. The molecule has 11 nitrogen and oxygen atoms in total. The van der Waals surface area contributed by atoms with Gasteiger partial charge < -0.3 is 20.8 Å². The molecular weight excluding hydrogens is 782 g/mol. The standard InChI is InChI=1S/C31H20Br3N3O8/c32-21-13-31(34,30(44)45)22(29(42)43)23(33)24(21)36-26(39)17-9-11-18(12-10-17)35-25(38)16-7-5-15(6-8-16)14-37-27(40)19-3-1-2-4-20(19)28(37)41/h1-13,22H,14H2,(H,35,38)(H,36,39)(H,42,43)(H,44,45). The molecule has 2 aliphatic rings. The minimum Gasteiger partial charge on any atom is -0.481 e. The summed E-state index contributed by atoms with van der Waals surface area (Å²) in [7, 11) is 0. The highest BCUT2D eigenvalue weighted by Crippen LogP contribution is 2.46. The first-order valence-electron chi connectivity index (χ1n) is 13.0. The first-order chi connectivity index (χ1) is 21.3. The van der Waals surface area contributed by atoms with Crippen LogP contribution in [0.3, 0.4) is 0 Å². The van der Waals surface area contributed by atoms with Crippen LogP contribution >= 0.6 is 47.8 Å². The van der Waals surface area contributed by atoms with Crippen LogP contribution in [0.15, 0.2) is 93.5 Å². The summed E-state index contributed by atoms with van der Waals surface area (Å²) in [6, 6.07) is 19.0. The van der Waals surface area contributed by atoms with E-state index in [0.717, 1.165) is 11.0 Å². The zero-order valence-electron chi connectivity index (χ0n) is 22.7. The van der Waals surface area contributed by atoms with E-state index in [4.69, 9.17) is 0 Å². The van der Waals surface area contributed by atoms with Gasteiger partial charge in [0, 0.05) is 25.8 Å². The Balaban J connectivity index is 1.22. The average molecular weight is 802 g/mol. The van der Waals surface area contributed by atoms with E-state index in [0.29, 0.717) is 27.9 Å². The molecule has 0 radical (unpaired) electrons. The number of hydrogen-bond donors (Lipinski definition) is 4. The number of halogens is 3. The van der Waals surface area contributed by atoms with Crippen LogP contribution in [-0.4, -0.2) is 55.0 Å². The average Bonchev–Trinajstić information content (AvgIpc) is 3.24. The third-order valence-electron chi connectivity index (χ3n) is 7.14. The lowest BCUT2D eigenvalue weighted by Crippen LogP contribution is -2.46. The van der Waals surface area contributed by atoms with Gasteiger partial charge in [0.25, 0.3) is 23.6 Å². The Morgan fingerprint density at radius 1 is 0.778 bits per heavy atom. The number of rotatable bonds is 8. The van der Waals surface area contributed by atoms with Gasteiger partial charge in [0.2, 0.25) is 0 Å². The van der Waals surface area contributed by atoms with E-state index in [1.807, 2.05) is 0 Å². The van der Waals surface area contributed by atoms with Crippen LogP contribution in [0.4, 0.5) is 5.69 Å². The normalized spacial score (nSPS) is 19.1. The number of hydrogen-bond acceptors (Lipinski definition) is 6. The molecule has 1 aliphatic heterocycles. The van der Waals surface area contributed by atoms with Crippen LogP contribution in [0.25, 0.3) is 0 Å². The molecule has 1 heterocycles. The topological polar surface area (TPSA) is 170 Å². The van der Waals surface area contributed by atoms with E-state index in [1.165, 1.54) is 24.3 Å². The molecule has 3 aromatic carbocycles. The highest BCUT2D eigenvalue weighted by atomic mass is 79.9. The van der Waals surface area contributed by atoms with E-state index >= 15 is 0 Å². The molecule has 0 fully saturated rings. The smallest absolute Gasteiger partial charge is 0.325 e. The second-order valence-corrected chi connectivity index (χ2v) is 13.0. The second kappa shape index (κ2) is 12.5. The van der Waals surface area contributed by atoms with E-state index < -0.39 is 34.0 Å². The van der Waals surface area contributed by atoms with Gasteiger partial charge in [-0.25, -0.2) is 0 Å². The zero-order valence-corrected chi connectivity index (χ0v) is 27.5. The van der Waals surface area contributed by atoms with Crippen molar-refractivity contribution in [1.29, 1.82) is 0 Å². The lowest BCUT2D eigenvalue weighted by Gasteiger charge is -2.32. The lowest BCUT2D eigenvalue weighted by atomic mass is 9.87. The first-order valence-corrected chi connectivity index (χ1v) is 15.4. The van der Waals surface area contributed by atoms with Crippen LogP contribution in [0.5, 0.6) is 0 Å². The van der Waals surface area contributed by atoms with Gasteiger partial charge in [-0.2, -0.15) is 0 Å². The summed E-state index contributed by atoms with van der Waals surface area (Å²) in [6.45, 7) is 0.0606. The SMILES string of the molecule is O=C(NC1=C(Br)C(C(=O)O)C(Br)(C(=O)O)C=C1Br)c1ccc(NC(=O)c2ccc(CN3C(=O)c4ccccc4C3=O)cc2)cc1. The van der Waals surface area contributed by atoms with Crippen LogP contribution in [0, 0.1) is 5.92 Å². The van der Waals surface area contributed by atoms with E-state index in [2.05, 4.69) is 58.4 Å². The van der Waals surface area contributed by atoms with Gasteiger partial charge in [0.1, 0.15) is 5.92 Å². The third-order valence-corrected chi connectivity index (χ3v) is 9.65. The molecule has 0 bridgehead atoms. The molecule has 14 heteroatoms. The minimum absolute atomic E-state index is 0.0487. The van der Waals surface area contributed by atoms with Crippen molar-refractivity contribution < 1.29 is 39.0 Å². The molecule has 0 spiro atoms. The van der Waals surface area contributed by atoms with Crippen LogP contribution in [0.2, 0.25) is 0 Å². The number of carbonyl (C=O) groups is 6. The molecule has 4 amide bonds. The molecule has 2 atom stereocenters. The summed E-state index contributed by atoms with van der Waals surface area (Å²) in [5.41, 5.74) is 2.33. The largest absolute Gasteiger partial charge is 0.481 e. The van der Waals surface area contributed by atoms with Gasteiger partial charge >= 0.3 is 11.9 Å². The van der Waals surface area contributed by atoms with Crippen molar-refractivity contribution in [3.05, 3.63) is 121 Å². The predicted molar refractivity (Wildman–Crippen MR) is 172 cm³/mol. The number of alkyl halides is 1. The summed E-state index contributed by atoms with van der Waals surface area (Å²) in [5, 5.41) is 24.6. The van der Waals surface area contributed by atoms with Gasteiger partial charge in [-0.1, -0.05) is 56.1 Å². The number of amides is 4. The maximum atomic E-state index is 13.0. The molecule has 1 aliphatic carbocycles. The zero-order chi connectivity index (χ0) is 32.6. The van der Waals surface area contributed by atoms with Crippen LogP contribution in [0.1, 0.15) is 47.0 Å². The van der Waals surface area contributed by atoms with Crippen molar-refractivity contribution in [1.82, 2.24) is 10.2 Å². The first kappa shape index (κ1) is 32.0. The lowest BCUT2D eigenvalue weighted by molar-refractivity contribution is -0.148. The second-order valence-electron chi connectivity index (χ2n) is 9.98.